The molecule has 0 spiro atoms. The summed E-state index contributed by atoms with van der Waals surface area (Å²) in [5.41, 5.74) is 3.89. The molecule has 1 aromatic heterocycles. The highest BCUT2D eigenvalue weighted by atomic mass is 35.5. The van der Waals surface area contributed by atoms with Crippen molar-refractivity contribution in [3.63, 3.8) is 0 Å². The highest BCUT2D eigenvalue weighted by Crippen LogP contribution is 2.45. The van der Waals surface area contributed by atoms with Gasteiger partial charge in [-0.25, -0.2) is 4.99 Å². The van der Waals surface area contributed by atoms with Gasteiger partial charge in [0.1, 0.15) is 17.7 Å². The van der Waals surface area contributed by atoms with Crippen LogP contribution >= 0.6 is 34.5 Å². The minimum atomic E-state index is 0.260. The van der Waals surface area contributed by atoms with Crippen molar-refractivity contribution < 1.29 is 9.47 Å². The number of benzene rings is 2. The second-order valence-corrected chi connectivity index (χ2v) is 12.0. The van der Waals surface area contributed by atoms with Gasteiger partial charge in [-0.3, -0.25) is 0 Å². The standard InChI is InChI=1S/C29H30Cl2N2O2S/c1-5-34-26-12-18(6-11-25(26)35-17-19-7-9-21(30)14-24(19)31)16-33-28-23(15-32)22-10-8-20(29(2,3)4)13-27(22)36-28/h6-7,9,11-12,14,16,20H,5,8,10,13,17H2,1-4H3/t20-/m0/s1. The Balaban J connectivity index is 1.54. The van der Waals surface area contributed by atoms with Gasteiger partial charge in [-0.1, -0.05) is 50.0 Å². The molecule has 0 bridgehead atoms. The van der Waals surface area contributed by atoms with E-state index in [0.29, 0.717) is 40.7 Å². The number of aliphatic imine (C=N–C) groups is 1. The smallest absolute Gasteiger partial charge is 0.161 e. The lowest BCUT2D eigenvalue weighted by Crippen LogP contribution is -2.26. The van der Waals surface area contributed by atoms with Gasteiger partial charge < -0.3 is 9.47 Å². The molecule has 0 amide bonds. The van der Waals surface area contributed by atoms with Crippen LogP contribution in [0, 0.1) is 22.7 Å². The van der Waals surface area contributed by atoms with E-state index in [1.807, 2.05) is 31.2 Å². The minimum Gasteiger partial charge on any atom is -0.490 e. The summed E-state index contributed by atoms with van der Waals surface area (Å²) in [6.45, 7) is 9.63. The van der Waals surface area contributed by atoms with Crippen molar-refractivity contribution in [3.8, 4) is 17.6 Å². The number of ether oxygens (including phenoxy) is 2. The van der Waals surface area contributed by atoms with Crippen molar-refractivity contribution in [1.82, 2.24) is 0 Å². The van der Waals surface area contributed by atoms with Crippen molar-refractivity contribution in [1.29, 1.82) is 5.26 Å². The van der Waals surface area contributed by atoms with Crippen LogP contribution in [0.15, 0.2) is 41.4 Å². The minimum absolute atomic E-state index is 0.260. The van der Waals surface area contributed by atoms with Crippen LogP contribution < -0.4 is 9.47 Å². The molecule has 36 heavy (non-hydrogen) atoms. The number of halogens is 2. The Morgan fingerprint density at radius 3 is 2.64 bits per heavy atom. The Labute approximate surface area is 227 Å². The van der Waals surface area contributed by atoms with Crippen LogP contribution in [0.1, 0.15) is 61.2 Å². The second kappa shape index (κ2) is 11.3. The third-order valence-electron chi connectivity index (χ3n) is 6.58. The molecule has 4 nitrogen and oxygen atoms in total. The maximum absolute atomic E-state index is 9.85. The van der Waals surface area contributed by atoms with Gasteiger partial charge in [0.15, 0.2) is 11.5 Å². The summed E-state index contributed by atoms with van der Waals surface area (Å²) in [6, 6.07) is 13.5. The summed E-state index contributed by atoms with van der Waals surface area (Å²) < 4.78 is 11.8. The molecule has 7 heteroatoms. The molecule has 3 aromatic rings. The summed E-state index contributed by atoms with van der Waals surface area (Å²) in [5, 5.41) is 11.8. The van der Waals surface area contributed by atoms with Crippen molar-refractivity contribution in [2.45, 2.75) is 53.6 Å². The van der Waals surface area contributed by atoms with Gasteiger partial charge in [0.25, 0.3) is 0 Å². The average Bonchev–Trinajstić information content (AvgIpc) is 3.19. The van der Waals surface area contributed by atoms with E-state index in [2.05, 4.69) is 26.8 Å². The van der Waals surface area contributed by atoms with Crippen LogP contribution in [-0.2, 0) is 19.4 Å². The Morgan fingerprint density at radius 1 is 1.14 bits per heavy atom. The van der Waals surface area contributed by atoms with Crippen LogP contribution in [0.5, 0.6) is 11.5 Å². The molecule has 1 aliphatic carbocycles. The van der Waals surface area contributed by atoms with E-state index in [9.17, 15) is 5.26 Å². The predicted molar refractivity (Wildman–Crippen MR) is 150 cm³/mol. The van der Waals surface area contributed by atoms with Gasteiger partial charge in [-0.15, -0.1) is 11.3 Å². The molecule has 0 aliphatic heterocycles. The second-order valence-electron chi connectivity index (χ2n) is 10.0. The van der Waals surface area contributed by atoms with Crippen molar-refractivity contribution in [2.75, 3.05) is 6.61 Å². The number of nitriles is 1. The first-order chi connectivity index (χ1) is 17.2. The first kappa shape index (κ1) is 26.5. The van der Waals surface area contributed by atoms with Gasteiger partial charge in [0.2, 0.25) is 0 Å². The fourth-order valence-electron chi connectivity index (χ4n) is 4.44. The SMILES string of the molecule is CCOc1cc(C=Nc2sc3c(c2C#N)CC[C@H](C(C)(C)C)C3)ccc1OCc1ccc(Cl)cc1Cl. The van der Waals surface area contributed by atoms with Crippen molar-refractivity contribution in [2.24, 2.45) is 16.3 Å². The van der Waals surface area contributed by atoms with Gasteiger partial charge >= 0.3 is 0 Å². The van der Waals surface area contributed by atoms with E-state index >= 15 is 0 Å². The third kappa shape index (κ3) is 6.06. The normalized spacial score (nSPS) is 15.5. The molecule has 188 valence electrons. The first-order valence-corrected chi connectivity index (χ1v) is 13.7. The van der Waals surface area contributed by atoms with E-state index in [0.717, 1.165) is 41.0 Å². The molecule has 0 unspecified atom stereocenters. The molecular formula is C29H30Cl2N2O2S. The number of hydrogen-bond donors (Lipinski definition) is 0. The molecule has 1 atom stereocenters. The Bertz CT molecular complexity index is 1320. The van der Waals surface area contributed by atoms with Crippen LogP contribution in [0.25, 0.3) is 0 Å². The van der Waals surface area contributed by atoms with Crippen LogP contribution in [0.2, 0.25) is 10.0 Å². The Kier molecular flexibility index (Phi) is 8.30. The van der Waals surface area contributed by atoms with Crippen molar-refractivity contribution in [3.05, 3.63) is 73.6 Å². The highest BCUT2D eigenvalue weighted by molar-refractivity contribution is 7.16. The quantitative estimate of drug-likeness (QED) is 0.281. The van der Waals surface area contributed by atoms with Gasteiger partial charge in [0.05, 0.1) is 12.2 Å². The molecule has 0 N–H and O–H groups in total. The molecule has 0 fully saturated rings. The largest absolute Gasteiger partial charge is 0.490 e. The maximum Gasteiger partial charge on any atom is 0.161 e. The third-order valence-corrected chi connectivity index (χ3v) is 8.33. The summed E-state index contributed by atoms with van der Waals surface area (Å²) >= 11 is 13.9. The molecule has 4 rings (SSSR count). The fourth-order valence-corrected chi connectivity index (χ4v) is 6.12. The molecule has 0 saturated carbocycles. The number of nitrogens with zero attached hydrogens (tertiary/aromatic N) is 2. The molecule has 0 saturated heterocycles. The number of hydrogen-bond acceptors (Lipinski definition) is 5. The predicted octanol–water partition coefficient (Wildman–Crippen LogP) is 8.81. The Hall–Kier alpha value is -2.52. The zero-order valence-electron chi connectivity index (χ0n) is 21.0. The fraction of sp³-hybridized carbons (Fsp3) is 0.379. The lowest BCUT2D eigenvalue weighted by molar-refractivity contribution is 0.218. The van der Waals surface area contributed by atoms with E-state index < -0.39 is 0 Å². The van der Waals surface area contributed by atoms with Crippen LogP contribution in [-0.4, -0.2) is 12.8 Å². The molecule has 1 heterocycles. The molecular weight excluding hydrogens is 511 g/mol. The summed E-state index contributed by atoms with van der Waals surface area (Å²) in [5.74, 6) is 1.87. The van der Waals surface area contributed by atoms with Crippen LogP contribution in [0.4, 0.5) is 5.00 Å². The molecule has 0 radical (unpaired) electrons. The Morgan fingerprint density at radius 2 is 1.94 bits per heavy atom. The summed E-state index contributed by atoms with van der Waals surface area (Å²) in [6.07, 6.45) is 4.88. The van der Waals surface area contributed by atoms with Gasteiger partial charge in [0, 0.05) is 26.7 Å². The summed E-state index contributed by atoms with van der Waals surface area (Å²) in [4.78, 5) is 6.04. The monoisotopic (exact) mass is 540 g/mol. The number of thiophene rings is 1. The zero-order valence-corrected chi connectivity index (χ0v) is 23.4. The maximum atomic E-state index is 9.85. The number of rotatable bonds is 7. The van der Waals surface area contributed by atoms with E-state index in [4.69, 9.17) is 37.7 Å². The molecule has 2 aromatic carbocycles. The lowest BCUT2D eigenvalue weighted by atomic mass is 9.72. The average molecular weight is 542 g/mol. The zero-order chi connectivity index (χ0) is 25.9. The van der Waals surface area contributed by atoms with E-state index in [1.54, 1.807) is 29.7 Å². The number of fused-ring (bicyclic) bond motifs is 1. The molecule has 1 aliphatic rings. The first-order valence-electron chi connectivity index (χ1n) is 12.1. The summed E-state index contributed by atoms with van der Waals surface area (Å²) in [7, 11) is 0. The lowest BCUT2D eigenvalue weighted by Gasteiger charge is -2.33. The van der Waals surface area contributed by atoms with Crippen LogP contribution in [0.3, 0.4) is 0 Å². The highest BCUT2D eigenvalue weighted by Gasteiger charge is 2.32. The van der Waals surface area contributed by atoms with Gasteiger partial charge in [-0.2, -0.15) is 5.26 Å². The van der Waals surface area contributed by atoms with E-state index in [1.165, 1.54) is 10.4 Å². The van der Waals surface area contributed by atoms with E-state index in [-0.39, 0.29) is 5.41 Å². The topological polar surface area (TPSA) is 54.6 Å². The van der Waals surface area contributed by atoms with Gasteiger partial charge in [-0.05, 0) is 79.0 Å². The van der Waals surface area contributed by atoms with Crippen molar-refractivity contribution >= 4 is 45.8 Å².